The number of hydrogen-bond donors (Lipinski definition) is 2. The Morgan fingerprint density at radius 1 is 1.19 bits per heavy atom. The number of rotatable bonds is 5. The van der Waals surface area contributed by atoms with Gasteiger partial charge in [-0.3, -0.25) is 0 Å². The van der Waals surface area contributed by atoms with E-state index in [9.17, 15) is 17.9 Å². The highest BCUT2D eigenvalue weighted by Crippen LogP contribution is 2.21. The van der Waals surface area contributed by atoms with Crippen LogP contribution in [0.3, 0.4) is 0 Å². The summed E-state index contributed by atoms with van der Waals surface area (Å²) in [5, 5.41) is 9.58. The maximum atomic E-state index is 13.0. The molecule has 112 valence electrons. The molecule has 0 aliphatic rings. The molecule has 2 rings (SSSR count). The molecule has 0 amide bonds. The van der Waals surface area contributed by atoms with Crippen LogP contribution >= 0.6 is 0 Å². The Bertz CT molecular complexity index is 744. The van der Waals surface area contributed by atoms with E-state index in [-0.39, 0.29) is 23.0 Å². The third kappa shape index (κ3) is 3.80. The van der Waals surface area contributed by atoms with E-state index in [2.05, 4.69) is 4.72 Å². The van der Waals surface area contributed by atoms with Gasteiger partial charge in [0.05, 0.1) is 0 Å². The van der Waals surface area contributed by atoms with Crippen molar-refractivity contribution in [1.82, 2.24) is 4.72 Å². The molecular weight excluding hydrogens is 293 g/mol. The average Bonchev–Trinajstić information content (AvgIpc) is 2.41. The molecule has 0 unspecified atom stereocenters. The molecule has 21 heavy (non-hydrogen) atoms. The number of phenols is 1. The molecule has 0 bridgehead atoms. The Morgan fingerprint density at radius 2 is 1.90 bits per heavy atom. The Balaban J connectivity index is 2.04. The summed E-state index contributed by atoms with van der Waals surface area (Å²) < 4.78 is 39.5. The minimum atomic E-state index is -3.76. The lowest BCUT2D eigenvalue weighted by atomic mass is 10.1. The minimum absolute atomic E-state index is 0.152. The first-order chi connectivity index (χ1) is 9.90. The van der Waals surface area contributed by atoms with Gasteiger partial charge in [-0.25, -0.2) is 17.5 Å². The van der Waals surface area contributed by atoms with Gasteiger partial charge in [-0.2, -0.15) is 0 Å². The fraction of sp³-hybridized carbons (Fsp3) is 0.200. The van der Waals surface area contributed by atoms with Crippen molar-refractivity contribution in [2.75, 3.05) is 6.54 Å². The summed E-state index contributed by atoms with van der Waals surface area (Å²) in [6, 6.07) is 10.1. The first-order valence-electron chi connectivity index (χ1n) is 6.43. The van der Waals surface area contributed by atoms with Crippen LogP contribution in [0.25, 0.3) is 0 Å². The van der Waals surface area contributed by atoms with Crippen molar-refractivity contribution in [2.45, 2.75) is 18.2 Å². The van der Waals surface area contributed by atoms with Gasteiger partial charge in [0.1, 0.15) is 16.5 Å². The molecule has 0 fully saturated rings. The van der Waals surface area contributed by atoms with Crippen LogP contribution in [0, 0.1) is 12.7 Å². The Labute approximate surface area is 123 Å². The maximum Gasteiger partial charge on any atom is 0.244 e. The second kappa shape index (κ2) is 6.24. The molecule has 0 atom stereocenters. The Hall–Kier alpha value is -1.92. The quantitative estimate of drug-likeness (QED) is 0.891. The molecule has 0 saturated carbocycles. The largest absolute Gasteiger partial charge is 0.507 e. The van der Waals surface area contributed by atoms with Crippen molar-refractivity contribution in [3.05, 3.63) is 59.4 Å². The summed E-state index contributed by atoms with van der Waals surface area (Å²) in [6.45, 7) is 1.94. The van der Waals surface area contributed by atoms with E-state index in [4.69, 9.17) is 0 Å². The van der Waals surface area contributed by atoms with Crippen molar-refractivity contribution >= 4 is 10.0 Å². The second-order valence-electron chi connectivity index (χ2n) is 4.69. The summed E-state index contributed by atoms with van der Waals surface area (Å²) in [4.78, 5) is -0.152. The molecular formula is C15H16FNO3S. The number of para-hydroxylation sites is 1. The van der Waals surface area contributed by atoms with Gasteiger partial charge in [0.2, 0.25) is 10.0 Å². The molecule has 4 nitrogen and oxygen atoms in total. The molecule has 6 heteroatoms. The van der Waals surface area contributed by atoms with E-state index in [1.807, 2.05) is 0 Å². The highest BCUT2D eigenvalue weighted by Gasteiger charge is 2.17. The van der Waals surface area contributed by atoms with Gasteiger partial charge in [-0.1, -0.05) is 18.2 Å². The lowest BCUT2D eigenvalue weighted by molar-refractivity contribution is 0.458. The highest BCUT2D eigenvalue weighted by molar-refractivity contribution is 7.89. The topological polar surface area (TPSA) is 66.4 Å². The first-order valence-corrected chi connectivity index (χ1v) is 7.91. The minimum Gasteiger partial charge on any atom is -0.507 e. The van der Waals surface area contributed by atoms with Crippen molar-refractivity contribution in [3.8, 4) is 5.75 Å². The monoisotopic (exact) mass is 309 g/mol. The van der Waals surface area contributed by atoms with Crippen LogP contribution in [0.4, 0.5) is 4.39 Å². The molecule has 2 aromatic carbocycles. The van der Waals surface area contributed by atoms with E-state index in [0.717, 1.165) is 11.1 Å². The van der Waals surface area contributed by atoms with Gasteiger partial charge in [0.15, 0.2) is 0 Å². The van der Waals surface area contributed by atoms with Crippen LogP contribution in [-0.4, -0.2) is 20.1 Å². The predicted molar refractivity (Wildman–Crippen MR) is 78.1 cm³/mol. The zero-order valence-corrected chi connectivity index (χ0v) is 12.3. The summed E-state index contributed by atoms with van der Waals surface area (Å²) in [6.07, 6.45) is 0.443. The van der Waals surface area contributed by atoms with Crippen molar-refractivity contribution < 1.29 is 17.9 Å². The van der Waals surface area contributed by atoms with Gasteiger partial charge in [-0.15, -0.1) is 0 Å². The van der Waals surface area contributed by atoms with Crippen LogP contribution in [0.1, 0.15) is 11.1 Å². The summed E-state index contributed by atoms with van der Waals surface area (Å²) >= 11 is 0. The van der Waals surface area contributed by atoms with Crippen LogP contribution in [0.15, 0.2) is 47.4 Å². The van der Waals surface area contributed by atoms with Gasteiger partial charge in [-0.05, 0) is 48.7 Å². The zero-order chi connectivity index (χ0) is 15.5. The van der Waals surface area contributed by atoms with Crippen molar-refractivity contribution in [2.24, 2.45) is 0 Å². The zero-order valence-electron chi connectivity index (χ0n) is 11.5. The third-order valence-electron chi connectivity index (χ3n) is 3.15. The molecule has 2 N–H and O–H groups in total. The molecule has 0 aliphatic carbocycles. The number of hydrogen-bond acceptors (Lipinski definition) is 3. The SMILES string of the molecule is Cc1cc(F)ccc1CCNS(=O)(=O)c1ccccc1O. The van der Waals surface area contributed by atoms with E-state index in [0.29, 0.717) is 6.42 Å². The number of benzene rings is 2. The number of aryl methyl sites for hydroxylation is 1. The van der Waals surface area contributed by atoms with Gasteiger partial charge < -0.3 is 5.11 Å². The summed E-state index contributed by atoms with van der Waals surface area (Å²) in [5.74, 6) is -0.603. The van der Waals surface area contributed by atoms with E-state index in [1.54, 1.807) is 25.1 Å². The molecule has 0 saturated heterocycles. The molecule has 0 heterocycles. The van der Waals surface area contributed by atoms with E-state index in [1.165, 1.54) is 24.3 Å². The predicted octanol–water partition coefficient (Wildman–Crippen LogP) is 2.36. The summed E-state index contributed by atoms with van der Waals surface area (Å²) in [7, 11) is -3.76. The van der Waals surface area contributed by atoms with Gasteiger partial charge >= 0.3 is 0 Å². The number of aromatic hydroxyl groups is 1. The van der Waals surface area contributed by atoms with Gasteiger partial charge in [0, 0.05) is 6.54 Å². The average molecular weight is 309 g/mol. The lowest BCUT2D eigenvalue weighted by Gasteiger charge is -2.09. The second-order valence-corrected chi connectivity index (χ2v) is 6.42. The highest BCUT2D eigenvalue weighted by atomic mass is 32.2. The number of nitrogens with one attached hydrogen (secondary N) is 1. The Morgan fingerprint density at radius 3 is 2.57 bits per heavy atom. The maximum absolute atomic E-state index is 13.0. The first kappa shape index (κ1) is 15.5. The lowest BCUT2D eigenvalue weighted by Crippen LogP contribution is -2.26. The van der Waals surface area contributed by atoms with Gasteiger partial charge in [0.25, 0.3) is 0 Å². The molecule has 0 radical (unpaired) electrons. The number of sulfonamides is 1. The van der Waals surface area contributed by atoms with E-state index < -0.39 is 10.0 Å². The molecule has 2 aromatic rings. The fourth-order valence-corrected chi connectivity index (χ4v) is 3.15. The van der Waals surface area contributed by atoms with Crippen LogP contribution < -0.4 is 4.72 Å². The van der Waals surface area contributed by atoms with Crippen molar-refractivity contribution in [3.63, 3.8) is 0 Å². The third-order valence-corrected chi connectivity index (χ3v) is 4.65. The van der Waals surface area contributed by atoms with Crippen LogP contribution in [0.2, 0.25) is 0 Å². The molecule has 0 aromatic heterocycles. The van der Waals surface area contributed by atoms with Crippen LogP contribution in [0.5, 0.6) is 5.75 Å². The molecule has 0 spiro atoms. The van der Waals surface area contributed by atoms with E-state index >= 15 is 0 Å². The Kier molecular flexibility index (Phi) is 4.59. The number of halogens is 1. The fourth-order valence-electron chi connectivity index (χ4n) is 2.02. The number of phenolic OH excluding ortho intramolecular Hbond substituents is 1. The normalized spacial score (nSPS) is 11.5. The van der Waals surface area contributed by atoms with Crippen molar-refractivity contribution in [1.29, 1.82) is 0 Å². The molecule has 0 aliphatic heterocycles. The van der Waals surface area contributed by atoms with Crippen LogP contribution in [-0.2, 0) is 16.4 Å². The summed E-state index contributed by atoms with van der Waals surface area (Å²) in [5.41, 5.74) is 1.65. The standard InChI is InChI=1S/C15H16FNO3S/c1-11-10-13(16)7-6-12(11)8-9-17-21(19,20)15-5-3-2-4-14(15)18/h2-7,10,17-18H,8-9H2,1H3. The smallest absolute Gasteiger partial charge is 0.244 e.